The van der Waals surface area contributed by atoms with Crippen LogP contribution in [-0.4, -0.2) is 54.2 Å². The number of carbonyl (C=O) groups is 1. The molecule has 5 aromatic rings. The predicted octanol–water partition coefficient (Wildman–Crippen LogP) is 12.3. The number of ether oxygens (including phenoxy) is 3. The topological polar surface area (TPSA) is 86.7 Å². The number of pyridine rings is 1. The van der Waals surface area contributed by atoms with Crippen LogP contribution in [0.15, 0.2) is 85.2 Å². The van der Waals surface area contributed by atoms with Crippen molar-refractivity contribution in [3.63, 3.8) is 0 Å². The molecule has 64 heavy (non-hydrogen) atoms. The lowest BCUT2D eigenvalue weighted by molar-refractivity contribution is -0.137. The van der Waals surface area contributed by atoms with E-state index in [-0.39, 0.29) is 54.7 Å². The van der Waals surface area contributed by atoms with Crippen LogP contribution in [0.5, 0.6) is 5.75 Å². The van der Waals surface area contributed by atoms with Gasteiger partial charge < -0.3 is 19.1 Å². The van der Waals surface area contributed by atoms with Gasteiger partial charge in [0, 0.05) is 66.6 Å². The molecule has 3 heterocycles. The summed E-state index contributed by atoms with van der Waals surface area (Å²) in [7, 11) is 2.91. The fourth-order valence-electron chi connectivity index (χ4n) is 9.67. The molecule has 14 heteroatoms. The van der Waals surface area contributed by atoms with E-state index in [1.54, 1.807) is 37.7 Å². The highest BCUT2D eigenvalue weighted by atomic mass is 19.4. The van der Waals surface area contributed by atoms with E-state index in [2.05, 4.69) is 23.8 Å². The highest BCUT2D eigenvalue weighted by Gasteiger charge is 2.44. The molecule has 1 saturated carbocycles. The number of halogens is 6. The second-order valence-electron chi connectivity index (χ2n) is 18.1. The maximum Gasteiger partial charge on any atom is 0.416 e. The second kappa shape index (κ2) is 18.2. The molecule has 0 N–H and O–H groups in total. The lowest BCUT2D eigenvalue weighted by Crippen LogP contribution is -2.36. The summed E-state index contributed by atoms with van der Waals surface area (Å²) in [6.45, 7) is 5.50. The summed E-state index contributed by atoms with van der Waals surface area (Å²) in [5.74, 6) is -2.84. The van der Waals surface area contributed by atoms with Gasteiger partial charge in [0.25, 0.3) is 0 Å². The van der Waals surface area contributed by atoms with Gasteiger partial charge in [-0.2, -0.15) is 13.2 Å². The number of nitrogens with zero attached hydrogens (tertiary/aromatic N) is 4. The third-order valence-electron chi connectivity index (χ3n) is 13.1. The number of rotatable bonds is 11. The number of hydrogen-bond donors (Lipinski definition) is 0. The van der Waals surface area contributed by atoms with E-state index in [1.807, 2.05) is 35.2 Å². The zero-order valence-electron chi connectivity index (χ0n) is 36.4. The van der Waals surface area contributed by atoms with Gasteiger partial charge in [0.2, 0.25) is 11.9 Å². The molecule has 1 unspecified atom stereocenters. The smallest absolute Gasteiger partial charge is 0.416 e. The van der Waals surface area contributed by atoms with Gasteiger partial charge >= 0.3 is 12.1 Å². The maximum absolute atomic E-state index is 17.9. The van der Waals surface area contributed by atoms with Crippen molar-refractivity contribution >= 4 is 11.9 Å². The minimum Gasteiger partial charge on any atom is -0.497 e. The van der Waals surface area contributed by atoms with Crippen LogP contribution in [0.25, 0.3) is 11.1 Å². The van der Waals surface area contributed by atoms with Crippen molar-refractivity contribution in [2.75, 3.05) is 32.2 Å². The van der Waals surface area contributed by atoms with Gasteiger partial charge in [-0.15, -0.1) is 0 Å². The first kappa shape index (κ1) is 45.1. The van der Waals surface area contributed by atoms with Crippen molar-refractivity contribution < 1.29 is 45.3 Å². The number of esters is 1. The van der Waals surface area contributed by atoms with Crippen LogP contribution in [0.2, 0.25) is 0 Å². The van der Waals surface area contributed by atoms with Gasteiger partial charge in [0.05, 0.1) is 43.8 Å². The Balaban J connectivity index is 1.18. The van der Waals surface area contributed by atoms with Gasteiger partial charge in [-0.3, -0.25) is 4.98 Å². The van der Waals surface area contributed by atoms with Crippen LogP contribution in [0.1, 0.15) is 138 Å². The second-order valence-corrected chi connectivity index (χ2v) is 18.1. The molecular formula is C50H52F6N4O4. The van der Waals surface area contributed by atoms with Crippen LogP contribution in [0.4, 0.5) is 32.3 Å². The van der Waals surface area contributed by atoms with E-state index in [9.17, 15) is 26.7 Å². The van der Waals surface area contributed by atoms with Gasteiger partial charge in [-0.1, -0.05) is 50.2 Å². The molecule has 2 fully saturated rings. The van der Waals surface area contributed by atoms with Crippen molar-refractivity contribution in [1.82, 2.24) is 15.0 Å². The first-order valence-electron chi connectivity index (χ1n) is 21.8. The molecular weight excluding hydrogens is 835 g/mol. The quantitative estimate of drug-likeness (QED) is 0.0957. The monoisotopic (exact) mass is 886 g/mol. The summed E-state index contributed by atoms with van der Waals surface area (Å²) >= 11 is 0. The number of anilines is 1. The molecule has 0 radical (unpaired) electrons. The van der Waals surface area contributed by atoms with Gasteiger partial charge in [0.15, 0.2) is 6.17 Å². The number of aromatic nitrogens is 3. The van der Waals surface area contributed by atoms with Crippen molar-refractivity contribution in [3.8, 4) is 16.9 Å². The van der Waals surface area contributed by atoms with Crippen LogP contribution < -0.4 is 9.64 Å². The Bertz CT molecular complexity index is 2430. The van der Waals surface area contributed by atoms with E-state index < -0.39 is 41.8 Å². The van der Waals surface area contributed by atoms with Crippen LogP contribution in [-0.2, 0) is 28.7 Å². The number of carbonyl (C=O) groups excluding carboxylic acids is 1. The summed E-state index contributed by atoms with van der Waals surface area (Å²) < 4.78 is 106. The van der Waals surface area contributed by atoms with Gasteiger partial charge in [0.1, 0.15) is 5.75 Å². The largest absolute Gasteiger partial charge is 0.497 e. The molecule has 1 aliphatic heterocycles. The zero-order valence-corrected chi connectivity index (χ0v) is 36.4. The highest BCUT2D eigenvalue weighted by Crippen LogP contribution is 2.53. The molecule has 0 amide bonds. The van der Waals surface area contributed by atoms with Crippen molar-refractivity contribution in [1.29, 1.82) is 0 Å². The Hall–Kier alpha value is -5.50. The molecule has 8 rings (SSSR count). The fourth-order valence-corrected chi connectivity index (χ4v) is 9.67. The molecule has 1 saturated heterocycles. The Morgan fingerprint density at radius 3 is 2.16 bits per heavy atom. The van der Waals surface area contributed by atoms with Gasteiger partial charge in [-0.05, 0) is 109 Å². The lowest BCUT2D eigenvalue weighted by Gasteiger charge is -2.42. The van der Waals surface area contributed by atoms with Crippen molar-refractivity contribution in [2.24, 2.45) is 5.41 Å². The average molecular weight is 887 g/mol. The Morgan fingerprint density at radius 1 is 0.859 bits per heavy atom. The summed E-state index contributed by atoms with van der Waals surface area (Å²) in [6.07, 6.45) is -1.98. The van der Waals surface area contributed by atoms with E-state index in [0.29, 0.717) is 72.9 Å². The van der Waals surface area contributed by atoms with Gasteiger partial charge in [-0.25, -0.2) is 27.9 Å². The molecule has 0 spiro atoms. The van der Waals surface area contributed by atoms with E-state index in [1.165, 1.54) is 19.2 Å². The Labute approximate surface area is 369 Å². The molecule has 2 aliphatic carbocycles. The molecule has 338 valence electrons. The normalized spacial score (nSPS) is 19.5. The molecule has 3 aromatic carbocycles. The van der Waals surface area contributed by atoms with E-state index in [0.717, 1.165) is 34.5 Å². The molecule has 0 bridgehead atoms. The number of methoxy groups -OCH3 is 2. The third-order valence-corrected chi connectivity index (χ3v) is 13.1. The summed E-state index contributed by atoms with van der Waals surface area (Å²) in [6, 6.07) is 18.6. The van der Waals surface area contributed by atoms with Crippen LogP contribution >= 0.6 is 0 Å². The number of hydrogen-bond acceptors (Lipinski definition) is 8. The summed E-state index contributed by atoms with van der Waals surface area (Å²) in [5, 5.41) is 0. The number of alkyl halides is 6. The minimum absolute atomic E-state index is 0.0354. The van der Waals surface area contributed by atoms with Crippen molar-refractivity contribution in [2.45, 2.75) is 108 Å². The van der Waals surface area contributed by atoms with E-state index in [4.69, 9.17) is 19.2 Å². The number of fused-ring (bicyclic) bond motifs is 1. The maximum atomic E-state index is 17.9. The van der Waals surface area contributed by atoms with E-state index >= 15 is 4.39 Å². The lowest BCUT2D eigenvalue weighted by atomic mass is 9.68. The van der Waals surface area contributed by atoms with Crippen LogP contribution in [0, 0.1) is 5.41 Å². The molecule has 3 aliphatic rings. The molecule has 8 nitrogen and oxygen atoms in total. The first-order chi connectivity index (χ1) is 30.5. The summed E-state index contributed by atoms with van der Waals surface area (Å²) in [4.78, 5) is 28.9. The number of piperidine rings is 1. The van der Waals surface area contributed by atoms with Crippen LogP contribution in [0.3, 0.4) is 0 Å². The minimum atomic E-state index is -4.61. The average Bonchev–Trinajstić information content (AvgIpc) is 3.29. The number of benzene rings is 3. The highest BCUT2D eigenvalue weighted by molar-refractivity contribution is 5.90. The third kappa shape index (κ3) is 9.76. The SMILES string of the molecule is COC(=O)c1cccc(-c2cnc(N3CCC(c4nc5c(c(C6CCC(F)(F)CC6)c4C(F)c4ccc(C(F)(F)F)cc4)[C@@H](OCc4ccc(OC)cc4)CC(C)(C)C5)CC3)nc2)c1. The molecule has 2 atom stereocenters. The standard InChI is InChI=1S/C50H52F6N4O4/c1-48(2)25-39-42(40(26-48)64-29-30-8-14-38(62-3)15-9-30)41(31-16-20-49(52,53)21-17-31)43(44(51)32-10-12-37(13-11-32)50(54,55)56)45(59-39)33-18-22-60(23-19-33)47-57-27-36(28-58-47)34-6-5-7-35(24-34)46(61)63-4/h5-15,24,27-28,31,33,40,44H,16-23,25-26,29H2,1-4H3/t40-,44?/m0/s1. The predicted molar refractivity (Wildman–Crippen MR) is 230 cm³/mol. The first-order valence-corrected chi connectivity index (χ1v) is 21.8. The zero-order chi connectivity index (χ0) is 45.4. The Morgan fingerprint density at radius 2 is 1.53 bits per heavy atom. The van der Waals surface area contributed by atoms with Crippen molar-refractivity contribution in [3.05, 3.63) is 136 Å². The fraction of sp³-hybridized carbons (Fsp3) is 0.440. The molecule has 2 aromatic heterocycles. The summed E-state index contributed by atoms with van der Waals surface area (Å²) in [5.41, 5.74) is 4.49. The Kier molecular flexibility index (Phi) is 12.8.